The molecule has 28 heavy (non-hydrogen) atoms. The van der Waals surface area contributed by atoms with E-state index < -0.39 is 0 Å². The Morgan fingerprint density at radius 2 is 1.93 bits per heavy atom. The second-order valence-corrected chi connectivity index (χ2v) is 6.65. The number of phenols is 1. The summed E-state index contributed by atoms with van der Waals surface area (Å²) in [6, 6.07) is 9.19. The van der Waals surface area contributed by atoms with Crippen LogP contribution in [0.4, 0.5) is 0 Å². The Kier molecular flexibility index (Phi) is 6.16. The first-order valence-electron chi connectivity index (χ1n) is 9.22. The molecule has 146 valence electrons. The smallest absolute Gasteiger partial charge is 0.193 e. The topological polar surface area (TPSA) is 67.8 Å². The van der Waals surface area contributed by atoms with Crippen LogP contribution in [0, 0.1) is 6.92 Å². The number of methoxy groups -OCH3 is 2. The van der Waals surface area contributed by atoms with E-state index in [1.54, 1.807) is 13.2 Å². The number of hydrogen-bond donors (Lipinski definition) is 2. The predicted molar refractivity (Wildman–Crippen MR) is 111 cm³/mol. The van der Waals surface area contributed by atoms with E-state index in [1.807, 2.05) is 37.3 Å². The predicted octanol–water partition coefficient (Wildman–Crippen LogP) is 3.99. The van der Waals surface area contributed by atoms with Gasteiger partial charge in [-0.3, -0.25) is 4.79 Å². The lowest BCUT2D eigenvalue weighted by molar-refractivity contribution is 0.104. The number of ether oxygens (including phenoxy) is 2. The van der Waals surface area contributed by atoms with Crippen molar-refractivity contribution >= 4 is 17.4 Å². The number of rotatable bonds is 6. The van der Waals surface area contributed by atoms with Crippen molar-refractivity contribution in [3.05, 3.63) is 64.7 Å². The largest absolute Gasteiger partial charge is 0.506 e. The molecule has 0 fully saturated rings. The fourth-order valence-electron chi connectivity index (χ4n) is 3.39. The zero-order valence-electron chi connectivity index (χ0n) is 16.4. The van der Waals surface area contributed by atoms with E-state index >= 15 is 0 Å². The molecule has 0 saturated carbocycles. The number of phenolic OH excluding ortho intramolecular Hbond substituents is 1. The number of aryl methyl sites for hydroxylation is 1. The van der Waals surface area contributed by atoms with Crippen molar-refractivity contribution in [2.45, 2.75) is 13.3 Å². The summed E-state index contributed by atoms with van der Waals surface area (Å²) in [4.78, 5) is 12.9. The van der Waals surface area contributed by atoms with E-state index in [2.05, 4.69) is 11.4 Å². The Morgan fingerprint density at radius 1 is 1.18 bits per heavy atom. The summed E-state index contributed by atoms with van der Waals surface area (Å²) >= 11 is 0. The van der Waals surface area contributed by atoms with Crippen molar-refractivity contribution < 1.29 is 19.4 Å². The maximum absolute atomic E-state index is 12.9. The van der Waals surface area contributed by atoms with Gasteiger partial charge in [0.1, 0.15) is 22.8 Å². The molecule has 1 aliphatic heterocycles. The highest BCUT2D eigenvalue weighted by Crippen LogP contribution is 2.39. The minimum atomic E-state index is -0.305. The first kappa shape index (κ1) is 19.7. The van der Waals surface area contributed by atoms with Crippen LogP contribution in [-0.4, -0.2) is 38.2 Å². The average Bonchev–Trinajstić information content (AvgIpc) is 2.72. The molecule has 0 saturated heterocycles. The van der Waals surface area contributed by atoms with Gasteiger partial charge in [-0.2, -0.15) is 0 Å². The van der Waals surface area contributed by atoms with E-state index in [1.165, 1.54) is 13.2 Å². The molecule has 0 unspecified atom stereocenters. The number of hydrogen-bond acceptors (Lipinski definition) is 5. The van der Waals surface area contributed by atoms with Gasteiger partial charge in [-0.1, -0.05) is 24.3 Å². The molecule has 0 bridgehead atoms. The fourth-order valence-corrected chi connectivity index (χ4v) is 3.39. The molecule has 0 atom stereocenters. The van der Waals surface area contributed by atoms with Gasteiger partial charge in [0.25, 0.3) is 0 Å². The van der Waals surface area contributed by atoms with Crippen molar-refractivity contribution in [1.82, 2.24) is 5.32 Å². The highest BCUT2D eigenvalue weighted by Gasteiger charge is 2.23. The third-order valence-electron chi connectivity index (χ3n) is 4.86. The van der Waals surface area contributed by atoms with Gasteiger partial charge >= 0.3 is 0 Å². The van der Waals surface area contributed by atoms with Crippen molar-refractivity contribution in [2.24, 2.45) is 0 Å². The van der Waals surface area contributed by atoms with Crippen molar-refractivity contribution in [2.75, 3.05) is 27.3 Å². The monoisotopic (exact) mass is 379 g/mol. The number of carbonyl (C=O) groups excluding carboxylic acids is 1. The fraction of sp³-hybridized carbons (Fsp3) is 0.261. The SMILES string of the molecule is COc1ccc(/C=C/C(=O)c2c(OC)cc(C)c(C3=CCNCC3)c2O)cc1. The van der Waals surface area contributed by atoms with Crippen LogP contribution >= 0.6 is 0 Å². The number of allylic oxidation sites excluding steroid dienone is 1. The van der Waals surface area contributed by atoms with Gasteiger partial charge in [0.05, 0.1) is 14.2 Å². The van der Waals surface area contributed by atoms with Gasteiger partial charge in [0.2, 0.25) is 0 Å². The average molecular weight is 379 g/mol. The van der Waals surface area contributed by atoms with E-state index in [-0.39, 0.29) is 17.1 Å². The maximum atomic E-state index is 12.9. The van der Waals surface area contributed by atoms with E-state index in [4.69, 9.17) is 9.47 Å². The summed E-state index contributed by atoms with van der Waals surface area (Å²) in [5.74, 6) is 0.800. The Bertz CT molecular complexity index is 927. The van der Waals surface area contributed by atoms with Gasteiger partial charge < -0.3 is 19.9 Å². The molecule has 0 aliphatic carbocycles. The van der Waals surface area contributed by atoms with Gasteiger partial charge in [0, 0.05) is 12.1 Å². The number of carbonyl (C=O) groups is 1. The molecule has 3 rings (SSSR count). The minimum absolute atomic E-state index is 0.0191. The Balaban J connectivity index is 1.97. The second kappa shape index (κ2) is 8.76. The molecule has 5 heteroatoms. The van der Waals surface area contributed by atoms with Crippen LogP contribution in [0.1, 0.15) is 33.5 Å². The molecule has 0 spiro atoms. The molecule has 5 nitrogen and oxygen atoms in total. The number of nitrogens with one attached hydrogen (secondary N) is 1. The summed E-state index contributed by atoms with van der Waals surface area (Å²) in [5, 5.41) is 14.2. The molecule has 2 N–H and O–H groups in total. The summed E-state index contributed by atoms with van der Waals surface area (Å²) < 4.78 is 10.5. The molecule has 1 heterocycles. The third-order valence-corrected chi connectivity index (χ3v) is 4.86. The normalized spacial score (nSPS) is 14.0. The van der Waals surface area contributed by atoms with Crippen LogP contribution < -0.4 is 14.8 Å². The first-order valence-corrected chi connectivity index (χ1v) is 9.22. The lowest BCUT2D eigenvalue weighted by atomic mass is 9.91. The quantitative estimate of drug-likeness (QED) is 0.587. The standard InChI is InChI=1S/C23H25NO4/c1-15-14-20(28-3)22(23(26)21(15)17-10-12-24-13-11-17)19(25)9-6-16-4-7-18(27-2)8-5-16/h4-10,14,24,26H,11-13H2,1-3H3/b9-6+. The molecule has 2 aromatic carbocycles. The number of ketones is 1. The summed E-state index contributed by atoms with van der Waals surface area (Å²) in [5.41, 5.74) is 3.71. The van der Waals surface area contributed by atoms with E-state index in [0.29, 0.717) is 5.75 Å². The lowest BCUT2D eigenvalue weighted by Gasteiger charge is -2.20. The Morgan fingerprint density at radius 3 is 2.54 bits per heavy atom. The van der Waals surface area contributed by atoms with Gasteiger partial charge in [-0.15, -0.1) is 0 Å². The van der Waals surface area contributed by atoms with Crippen LogP contribution in [0.2, 0.25) is 0 Å². The van der Waals surface area contributed by atoms with Crippen LogP contribution in [-0.2, 0) is 0 Å². The van der Waals surface area contributed by atoms with Crippen molar-refractivity contribution in [3.63, 3.8) is 0 Å². The molecule has 0 radical (unpaired) electrons. The Hall–Kier alpha value is -3.05. The molecule has 2 aromatic rings. The van der Waals surface area contributed by atoms with Gasteiger partial charge in [-0.05, 0) is 60.9 Å². The lowest BCUT2D eigenvalue weighted by Crippen LogP contribution is -2.20. The van der Waals surface area contributed by atoms with Gasteiger partial charge in [-0.25, -0.2) is 0 Å². The van der Waals surface area contributed by atoms with Crippen LogP contribution in [0.25, 0.3) is 11.6 Å². The third kappa shape index (κ3) is 4.10. The van der Waals surface area contributed by atoms with E-state index in [9.17, 15) is 9.90 Å². The zero-order chi connectivity index (χ0) is 20.1. The highest BCUT2D eigenvalue weighted by atomic mass is 16.5. The van der Waals surface area contributed by atoms with Crippen molar-refractivity contribution in [1.29, 1.82) is 0 Å². The molecule has 0 aromatic heterocycles. The molecule has 1 aliphatic rings. The maximum Gasteiger partial charge on any atom is 0.193 e. The zero-order valence-corrected chi connectivity index (χ0v) is 16.4. The molecular formula is C23H25NO4. The minimum Gasteiger partial charge on any atom is -0.506 e. The van der Waals surface area contributed by atoms with Gasteiger partial charge in [0.15, 0.2) is 5.78 Å². The van der Waals surface area contributed by atoms with Crippen LogP contribution in [0.3, 0.4) is 0 Å². The molecular weight excluding hydrogens is 354 g/mol. The number of aromatic hydroxyl groups is 1. The van der Waals surface area contributed by atoms with Crippen molar-refractivity contribution in [3.8, 4) is 17.2 Å². The summed E-state index contributed by atoms with van der Waals surface area (Å²) in [6.07, 6.45) is 6.02. The second-order valence-electron chi connectivity index (χ2n) is 6.65. The first-order chi connectivity index (χ1) is 13.5. The Labute approximate surface area is 165 Å². The van der Waals surface area contributed by atoms with Crippen LogP contribution in [0.15, 0.2) is 42.5 Å². The summed E-state index contributed by atoms with van der Waals surface area (Å²) in [6.45, 7) is 3.51. The highest BCUT2D eigenvalue weighted by molar-refractivity contribution is 6.11. The molecule has 0 amide bonds. The number of benzene rings is 2. The summed E-state index contributed by atoms with van der Waals surface area (Å²) in [7, 11) is 3.11. The van der Waals surface area contributed by atoms with Crippen LogP contribution in [0.5, 0.6) is 17.2 Å². The van der Waals surface area contributed by atoms with E-state index in [0.717, 1.165) is 47.5 Å².